The van der Waals surface area contributed by atoms with Crippen molar-refractivity contribution >= 4 is 29.1 Å². The number of Topliss-reactive ketones (excluding diaryl/α,β-unsaturated/α-hetero) is 1. The molecular formula is C29H25NO6. The van der Waals surface area contributed by atoms with Crippen molar-refractivity contribution < 1.29 is 29.0 Å². The molecule has 1 amide bonds. The van der Waals surface area contributed by atoms with E-state index >= 15 is 0 Å². The molecule has 182 valence electrons. The maximum absolute atomic E-state index is 13.3. The fourth-order valence-electron chi connectivity index (χ4n) is 4.58. The predicted molar refractivity (Wildman–Crippen MR) is 134 cm³/mol. The number of rotatable bonds is 5. The topological polar surface area (TPSA) is 93.1 Å². The lowest BCUT2D eigenvalue weighted by Crippen LogP contribution is -2.29. The Labute approximate surface area is 208 Å². The number of carbonyl (C=O) groups excluding carboxylic acids is 3. The first kappa shape index (κ1) is 23.4. The van der Waals surface area contributed by atoms with Crippen molar-refractivity contribution in [1.29, 1.82) is 0 Å². The molecule has 3 aromatic carbocycles. The number of hydrogen-bond acceptors (Lipinski definition) is 6. The molecule has 1 N–H and O–H groups in total. The molecule has 0 spiro atoms. The number of amides is 1. The molecule has 0 aromatic heterocycles. The van der Waals surface area contributed by atoms with Gasteiger partial charge in [-0.3, -0.25) is 14.5 Å². The molecule has 1 saturated heterocycles. The number of aliphatic hydroxyl groups excluding tert-OH is 1. The normalized spacial score (nSPS) is 18.3. The summed E-state index contributed by atoms with van der Waals surface area (Å²) in [5.41, 5.74) is 2.83. The number of nitrogens with zero attached hydrogens (tertiary/aromatic N) is 1. The highest BCUT2D eigenvalue weighted by molar-refractivity contribution is 6.51. The van der Waals surface area contributed by atoms with Crippen LogP contribution in [0, 0.1) is 0 Å². The summed E-state index contributed by atoms with van der Waals surface area (Å²) in [6, 6.07) is 19.8. The van der Waals surface area contributed by atoms with Gasteiger partial charge in [-0.15, -0.1) is 0 Å². The van der Waals surface area contributed by atoms with E-state index < -0.39 is 23.7 Å². The van der Waals surface area contributed by atoms with Gasteiger partial charge in [-0.2, -0.15) is 0 Å². The van der Waals surface area contributed by atoms with Crippen LogP contribution in [-0.4, -0.2) is 35.5 Å². The summed E-state index contributed by atoms with van der Waals surface area (Å²) in [4.78, 5) is 40.2. The average Bonchev–Trinajstić information content (AvgIpc) is 3.46. The molecular weight excluding hydrogens is 458 g/mol. The molecule has 3 aromatic rings. The lowest BCUT2D eigenvalue weighted by Gasteiger charge is -2.25. The van der Waals surface area contributed by atoms with Crippen LogP contribution in [0.2, 0.25) is 0 Å². The van der Waals surface area contributed by atoms with Gasteiger partial charge in [0.2, 0.25) is 0 Å². The van der Waals surface area contributed by atoms with Gasteiger partial charge in [-0.05, 0) is 67.4 Å². The summed E-state index contributed by atoms with van der Waals surface area (Å²) in [5, 5.41) is 11.3. The third-order valence-electron chi connectivity index (χ3n) is 6.25. The van der Waals surface area contributed by atoms with E-state index in [4.69, 9.17) is 9.47 Å². The molecule has 1 atom stereocenters. The van der Waals surface area contributed by atoms with E-state index in [1.54, 1.807) is 56.3 Å². The van der Waals surface area contributed by atoms with Gasteiger partial charge in [0.05, 0.1) is 29.9 Å². The van der Waals surface area contributed by atoms with Gasteiger partial charge in [0.15, 0.2) is 0 Å². The van der Waals surface area contributed by atoms with E-state index in [2.05, 4.69) is 0 Å². The van der Waals surface area contributed by atoms with Crippen molar-refractivity contribution in [2.75, 3.05) is 11.5 Å². The molecule has 0 saturated carbocycles. The van der Waals surface area contributed by atoms with Crippen LogP contribution in [0.3, 0.4) is 0 Å². The van der Waals surface area contributed by atoms with E-state index in [0.717, 1.165) is 11.3 Å². The minimum atomic E-state index is -0.843. The molecule has 5 rings (SSSR count). The summed E-state index contributed by atoms with van der Waals surface area (Å²) >= 11 is 0. The predicted octanol–water partition coefficient (Wildman–Crippen LogP) is 4.81. The van der Waals surface area contributed by atoms with Gasteiger partial charge in [0, 0.05) is 17.7 Å². The number of fused-ring (bicyclic) bond motifs is 1. The first-order chi connectivity index (χ1) is 17.3. The first-order valence-electron chi connectivity index (χ1n) is 11.8. The second kappa shape index (κ2) is 9.34. The third kappa shape index (κ3) is 4.13. The number of hydrogen-bond donors (Lipinski definition) is 1. The smallest absolute Gasteiger partial charge is 0.338 e. The van der Waals surface area contributed by atoms with Crippen LogP contribution in [0.1, 0.15) is 46.9 Å². The lowest BCUT2D eigenvalue weighted by atomic mass is 9.94. The van der Waals surface area contributed by atoms with E-state index in [-0.39, 0.29) is 17.4 Å². The molecule has 0 radical (unpaired) electrons. The second-order valence-corrected chi connectivity index (χ2v) is 9.00. The highest BCUT2D eigenvalue weighted by Gasteiger charge is 2.47. The van der Waals surface area contributed by atoms with Crippen LogP contribution < -0.4 is 9.64 Å². The van der Waals surface area contributed by atoms with Crippen LogP contribution in [0.25, 0.3) is 5.76 Å². The Hall–Kier alpha value is -4.39. The lowest BCUT2D eigenvalue weighted by molar-refractivity contribution is -0.132. The average molecular weight is 484 g/mol. The third-order valence-corrected chi connectivity index (χ3v) is 6.25. The van der Waals surface area contributed by atoms with E-state index in [1.807, 2.05) is 30.3 Å². The summed E-state index contributed by atoms with van der Waals surface area (Å²) in [6.07, 6.45) is 0.442. The molecule has 2 aliphatic rings. The minimum absolute atomic E-state index is 0.00774. The second-order valence-electron chi connectivity index (χ2n) is 9.00. The summed E-state index contributed by atoms with van der Waals surface area (Å²) in [6.45, 7) is 4.09. The molecule has 7 heteroatoms. The zero-order valence-electron chi connectivity index (χ0n) is 19.9. The Morgan fingerprint density at radius 2 is 1.69 bits per heavy atom. The molecule has 0 aliphatic carbocycles. The molecule has 36 heavy (non-hydrogen) atoms. The number of ether oxygens (including phenoxy) is 2. The fourth-order valence-corrected chi connectivity index (χ4v) is 4.58. The van der Waals surface area contributed by atoms with E-state index in [1.165, 1.54) is 4.90 Å². The van der Waals surface area contributed by atoms with Crippen LogP contribution in [0.15, 0.2) is 78.4 Å². The van der Waals surface area contributed by atoms with Crippen LogP contribution >= 0.6 is 0 Å². The standard InChI is InChI=1S/C29H25NO6/c1-17(2)36-29(34)19-8-11-22(12-9-19)30-25(18-6-4-3-5-7-18)24(27(32)28(30)33)26(31)21-10-13-23-20(16-21)14-15-35-23/h3-13,16-17,25,31H,14-15H2,1-2H3/b26-24-. The highest BCUT2D eigenvalue weighted by atomic mass is 16.5. The van der Waals surface area contributed by atoms with Crippen molar-refractivity contribution in [3.8, 4) is 5.75 Å². The Balaban J connectivity index is 1.60. The fraction of sp³-hybridized carbons (Fsp3) is 0.207. The van der Waals surface area contributed by atoms with E-state index in [9.17, 15) is 19.5 Å². The Bertz CT molecular complexity index is 1370. The molecule has 7 nitrogen and oxygen atoms in total. The zero-order chi connectivity index (χ0) is 25.4. The van der Waals surface area contributed by atoms with Crippen molar-refractivity contribution in [1.82, 2.24) is 0 Å². The maximum Gasteiger partial charge on any atom is 0.338 e. The van der Waals surface area contributed by atoms with Crippen LogP contribution in [0.5, 0.6) is 5.75 Å². The van der Waals surface area contributed by atoms with Crippen molar-refractivity contribution in [2.24, 2.45) is 0 Å². The number of aliphatic hydroxyl groups is 1. The SMILES string of the molecule is CC(C)OC(=O)c1ccc(N2C(=O)C(=O)/C(=C(\O)c3ccc4c(c3)CCO4)C2c2ccccc2)cc1. The van der Waals surface area contributed by atoms with Crippen LogP contribution in [0.4, 0.5) is 5.69 Å². The zero-order valence-corrected chi connectivity index (χ0v) is 19.9. The summed E-state index contributed by atoms with van der Waals surface area (Å²) < 4.78 is 10.8. The Morgan fingerprint density at radius 1 is 1.00 bits per heavy atom. The molecule has 1 fully saturated rings. The summed E-state index contributed by atoms with van der Waals surface area (Å²) in [5.74, 6) is -1.49. The quantitative estimate of drug-likeness (QED) is 0.242. The number of anilines is 1. The Morgan fingerprint density at radius 3 is 2.39 bits per heavy atom. The Kier molecular flexibility index (Phi) is 6.06. The van der Waals surface area contributed by atoms with Gasteiger partial charge < -0.3 is 14.6 Å². The monoisotopic (exact) mass is 483 g/mol. The van der Waals surface area contributed by atoms with Gasteiger partial charge in [0.1, 0.15) is 11.5 Å². The van der Waals surface area contributed by atoms with E-state index in [0.29, 0.717) is 35.4 Å². The minimum Gasteiger partial charge on any atom is -0.507 e. The molecule has 2 aliphatic heterocycles. The molecule has 0 bridgehead atoms. The maximum atomic E-state index is 13.3. The van der Waals surface area contributed by atoms with Gasteiger partial charge in [-0.25, -0.2) is 4.79 Å². The van der Waals surface area contributed by atoms with Gasteiger partial charge in [0.25, 0.3) is 11.7 Å². The summed E-state index contributed by atoms with van der Waals surface area (Å²) in [7, 11) is 0. The van der Waals surface area contributed by atoms with Crippen LogP contribution in [-0.2, 0) is 20.7 Å². The van der Waals surface area contributed by atoms with Crippen molar-refractivity contribution in [3.05, 3.63) is 101 Å². The van der Waals surface area contributed by atoms with Crippen molar-refractivity contribution in [2.45, 2.75) is 32.4 Å². The molecule has 2 heterocycles. The largest absolute Gasteiger partial charge is 0.507 e. The number of benzene rings is 3. The number of ketones is 1. The first-order valence-corrected chi connectivity index (χ1v) is 11.8. The number of esters is 1. The molecule has 1 unspecified atom stereocenters. The van der Waals surface area contributed by atoms with Gasteiger partial charge in [-0.1, -0.05) is 30.3 Å². The van der Waals surface area contributed by atoms with Crippen molar-refractivity contribution in [3.63, 3.8) is 0 Å². The van der Waals surface area contributed by atoms with Gasteiger partial charge >= 0.3 is 5.97 Å². The number of carbonyl (C=O) groups is 3. The highest BCUT2D eigenvalue weighted by Crippen LogP contribution is 2.42.